The Kier molecular flexibility index (Phi) is 4.82. The predicted molar refractivity (Wildman–Crippen MR) is 68.7 cm³/mol. The fourth-order valence-corrected chi connectivity index (χ4v) is 2.08. The van der Waals surface area contributed by atoms with Crippen LogP contribution in [0.4, 0.5) is 8.78 Å². The van der Waals surface area contributed by atoms with E-state index in [9.17, 15) is 22.0 Å². The van der Waals surface area contributed by atoms with Crippen molar-refractivity contribution in [3.63, 3.8) is 0 Å². The molecule has 0 unspecified atom stereocenters. The number of aliphatic hydroxyl groups is 1. The van der Waals surface area contributed by atoms with Gasteiger partial charge in [0.25, 0.3) is 11.8 Å². The van der Waals surface area contributed by atoms with Crippen LogP contribution in [0, 0.1) is 6.92 Å². The number of carbonyl (C=O) groups is 1. The van der Waals surface area contributed by atoms with Gasteiger partial charge in [0.1, 0.15) is 6.61 Å². The molecule has 0 aliphatic rings. The second kappa shape index (κ2) is 5.84. The van der Waals surface area contributed by atoms with Crippen molar-refractivity contribution in [1.82, 2.24) is 5.32 Å². The van der Waals surface area contributed by atoms with Crippen LogP contribution in [-0.2, 0) is 9.84 Å². The Morgan fingerprint density at radius 3 is 2.50 bits per heavy atom. The minimum Gasteiger partial charge on any atom is -0.390 e. The van der Waals surface area contributed by atoms with Crippen molar-refractivity contribution in [1.29, 1.82) is 0 Å². The van der Waals surface area contributed by atoms with E-state index in [1.54, 1.807) is 6.92 Å². The first-order valence-corrected chi connectivity index (χ1v) is 7.53. The predicted octanol–water partition coefficient (Wildman–Crippen LogP) is 0.756. The van der Waals surface area contributed by atoms with Gasteiger partial charge >= 0.3 is 0 Å². The summed E-state index contributed by atoms with van der Waals surface area (Å²) in [5.74, 6) is -4.24. The van der Waals surface area contributed by atoms with Crippen LogP contribution in [0.25, 0.3) is 0 Å². The van der Waals surface area contributed by atoms with Crippen LogP contribution >= 0.6 is 0 Å². The molecule has 0 saturated carbocycles. The van der Waals surface area contributed by atoms with Gasteiger partial charge in [-0.2, -0.15) is 0 Å². The Morgan fingerprint density at radius 1 is 1.40 bits per heavy atom. The molecule has 1 aromatic carbocycles. The van der Waals surface area contributed by atoms with E-state index in [-0.39, 0.29) is 10.5 Å². The quantitative estimate of drug-likeness (QED) is 0.841. The largest absolute Gasteiger partial charge is 0.390 e. The lowest BCUT2D eigenvalue weighted by atomic mass is 10.1. The molecule has 1 rings (SSSR count). The van der Waals surface area contributed by atoms with Gasteiger partial charge in [0.15, 0.2) is 9.84 Å². The van der Waals surface area contributed by atoms with Gasteiger partial charge in [0, 0.05) is 11.8 Å². The van der Waals surface area contributed by atoms with Crippen LogP contribution in [0.3, 0.4) is 0 Å². The van der Waals surface area contributed by atoms with Crippen LogP contribution in [-0.4, -0.2) is 44.8 Å². The molecule has 0 aliphatic carbocycles. The van der Waals surface area contributed by atoms with Crippen molar-refractivity contribution in [3.05, 3.63) is 29.3 Å². The summed E-state index contributed by atoms with van der Waals surface area (Å²) in [5, 5.41) is 10.4. The fraction of sp³-hybridized carbons (Fsp3) is 0.417. The highest BCUT2D eigenvalue weighted by Crippen LogP contribution is 2.16. The number of sulfone groups is 1. The van der Waals surface area contributed by atoms with Crippen molar-refractivity contribution in [2.24, 2.45) is 0 Å². The van der Waals surface area contributed by atoms with E-state index in [4.69, 9.17) is 5.11 Å². The molecule has 112 valence electrons. The van der Waals surface area contributed by atoms with Crippen molar-refractivity contribution < 1.29 is 27.1 Å². The number of alkyl halides is 2. The van der Waals surface area contributed by atoms with E-state index in [1.807, 2.05) is 5.32 Å². The highest BCUT2D eigenvalue weighted by Gasteiger charge is 2.28. The zero-order valence-corrected chi connectivity index (χ0v) is 11.8. The Morgan fingerprint density at radius 2 is 2.00 bits per heavy atom. The zero-order valence-electron chi connectivity index (χ0n) is 11.0. The third-order valence-electron chi connectivity index (χ3n) is 2.62. The van der Waals surface area contributed by atoms with E-state index >= 15 is 0 Å². The number of hydrogen-bond acceptors (Lipinski definition) is 4. The normalized spacial score (nSPS) is 12.2. The number of halogens is 2. The van der Waals surface area contributed by atoms with Crippen molar-refractivity contribution in [2.75, 3.05) is 19.4 Å². The van der Waals surface area contributed by atoms with E-state index in [0.717, 1.165) is 12.3 Å². The molecule has 1 aromatic rings. The van der Waals surface area contributed by atoms with Gasteiger partial charge in [-0.05, 0) is 24.6 Å². The molecule has 0 heterocycles. The van der Waals surface area contributed by atoms with Gasteiger partial charge in [0.2, 0.25) is 0 Å². The lowest BCUT2D eigenvalue weighted by molar-refractivity contribution is -0.0462. The summed E-state index contributed by atoms with van der Waals surface area (Å²) in [6, 6.07) is 3.90. The monoisotopic (exact) mass is 307 g/mol. The van der Waals surface area contributed by atoms with E-state index in [0.29, 0.717) is 5.56 Å². The molecule has 0 saturated heterocycles. The lowest BCUT2D eigenvalue weighted by Gasteiger charge is -2.15. The fourth-order valence-electron chi connectivity index (χ4n) is 1.44. The summed E-state index contributed by atoms with van der Waals surface area (Å²) in [6.45, 7) is -0.842. The van der Waals surface area contributed by atoms with Gasteiger partial charge in [-0.3, -0.25) is 4.79 Å². The van der Waals surface area contributed by atoms with Crippen molar-refractivity contribution in [3.8, 4) is 0 Å². The molecule has 0 aromatic heterocycles. The smallest absolute Gasteiger partial charge is 0.287 e. The molecule has 8 heteroatoms. The van der Waals surface area contributed by atoms with Crippen LogP contribution in [0.5, 0.6) is 0 Å². The first kappa shape index (κ1) is 16.5. The molecular formula is C12H15F2NO4S. The molecule has 0 spiro atoms. The minimum absolute atomic E-state index is 0.00154. The maximum Gasteiger partial charge on any atom is 0.287 e. The highest BCUT2D eigenvalue weighted by atomic mass is 32.2. The van der Waals surface area contributed by atoms with Gasteiger partial charge in [-0.1, -0.05) is 6.07 Å². The molecule has 0 bridgehead atoms. The third-order valence-corrected chi connectivity index (χ3v) is 3.73. The van der Waals surface area contributed by atoms with Crippen LogP contribution in [0.1, 0.15) is 15.9 Å². The van der Waals surface area contributed by atoms with E-state index < -0.39 is 34.8 Å². The highest BCUT2D eigenvalue weighted by molar-refractivity contribution is 7.90. The third kappa shape index (κ3) is 4.24. The molecule has 0 radical (unpaired) electrons. The number of nitrogens with one attached hydrogen (secondary N) is 1. The number of aryl methyl sites for hydroxylation is 1. The molecule has 2 N–H and O–H groups in total. The second-order valence-electron chi connectivity index (χ2n) is 4.45. The van der Waals surface area contributed by atoms with Gasteiger partial charge in [0.05, 0.1) is 11.4 Å². The first-order chi connectivity index (χ1) is 9.07. The first-order valence-electron chi connectivity index (χ1n) is 5.64. The Labute approximate surface area is 115 Å². The zero-order chi connectivity index (χ0) is 15.6. The van der Waals surface area contributed by atoms with E-state index in [1.165, 1.54) is 12.1 Å². The average Bonchev–Trinajstić information content (AvgIpc) is 2.35. The molecule has 20 heavy (non-hydrogen) atoms. The maximum atomic E-state index is 12.8. The molecule has 0 atom stereocenters. The SMILES string of the molecule is Cc1ccc(S(C)(=O)=O)cc1C(=O)NCC(F)(F)CO. The van der Waals surface area contributed by atoms with Crippen LogP contribution in [0.2, 0.25) is 0 Å². The second-order valence-corrected chi connectivity index (χ2v) is 6.46. The molecular weight excluding hydrogens is 292 g/mol. The lowest BCUT2D eigenvalue weighted by Crippen LogP contribution is -2.39. The maximum absolute atomic E-state index is 12.8. The summed E-state index contributed by atoms with van der Waals surface area (Å²) < 4.78 is 48.5. The van der Waals surface area contributed by atoms with Gasteiger partial charge in [-0.25, -0.2) is 17.2 Å². The Bertz CT molecular complexity index is 614. The number of benzene rings is 1. The average molecular weight is 307 g/mol. The Hall–Kier alpha value is -1.54. The number of amides is 1. The van der Waals surface area contributed by atoms with Crippen molar-refractivity contribution >= 4 is 15.7 Å². The summed E-state index contributed by atoms with van der Waals surface area (Å²) >= 11 is 0. The molecule has 0 aliphatic heterocycles. The van der Waals surface area contributed by atoms with Crippen LogP contribution in [0.15, 0.2) is 23.1 Å². The molecule has 1 amide bonds. The Balaban J connectivity index is 2.99. The molecule has 0 fully saturated rings. The van der Waals surface area contributed by atoms with Crippen molar-refractivity contribution in [2.45, 2.75) is 17.7 Å². The number of hydrogen-bond donors (Lipinski definition) is 2. The standard InChI is InChI=1S/C12H15F2NO4S/c1-8-3-4-9(20(2,18)19)5-10(8)11(17)15-6-12(13,14)7-16/h3-5,16H,6-7H2,1-2H3,(H,15,17). The van der Waals surface area contributed by atoms with Gasteiger partial charge < -0.3 is 10.4 Å². The number of aliphatic hydroxyl groups excluding tert-OH is 1. The summed E-state index contributed by atoms with van der Waals surface area (Å²) in [7, 11) is -3.49. The van der Waals surface area contributed by atoms with Gasteiger partial charge in [-0.15, -0.1) is 0 Å². The molecule has 5 nitrogen and oxygen atoms in total. The van der Waals surface area contributed by atoms with E-state index in [2.05, 4.69) is 0 Å². The number of carbonyl (C=O) groups excluding carboxylic acids is 1. The topological polar surface area (TPSA) is 83.5 Å². The summed E-state index contributed by atoms with van der Waals surface area (Å²) in [4.78, 5) is 11.7. The number of rotatable bonds is 5. The summed E-state index contributed by atoms with van der Waals surface area (Å²) in [6.07, 6.45) is 0.985. The summed E-state index contributed by atoms with van der Waals surface area (Å²) in [5.41, 5.74) is 0.462. The minimum atomic E-state index is -3.49. The van der Waals surface area contributed by atoms with Crippen LogP contribution < -0.4 is 5.32 Å².